The monoisotopic (exact) mass is 339 g/mol. The second kappa shape index (κ2) is 6.37. The first-order valence-electron chi connectivity index (χ1n) is 8.51. The Morgan fingerprint density at radius 1 is 1.40 bits per heavy atom. The summed E-state index contributed by atoms with van der Waals surface area (Å²) in [6, 6.07) is 7.85. The van der Waals surface area contributed by atoms with Crippen molar-refractivity contribution in [1.82, 2.24) is 14.5 Å². The van der Waals surface area contributed by atoms with Crippen LogP contribution in [0.4, 0.5) is 0 Å². The van der Waals surface area contributed by atoms with E-state index in [1.54, 1.807) is 0 Å². The summed E-state index contributed by atoms with van der Waals surface area (Å²) < 4.78 is 13.1. The Morgan fingerprint density at radius 2 is 2.28 bits per heavy atom. The smallest absolute Gasteiger partial charge is 0.255 e. The fourth-order valence-corrected chi connectivity index (χ4v) is 3.31. The predicted molar refractivity (Wildman–Crippen MR) is 92.5 cm³/mol. The van der Waals surface area contributed by atoms with Gasteiger partial charge in [-0.3, -0.25) is 4.79 Å². The molecule has 130 valence electrons. The van der Waals surface area contributed by atoms with Crippen molar-refractivity contribution in [2.24, 2.45) is 0 Å². The van der Waals surface area contributed by atoms with Gasteiger partial charge in [0.25, 0.3) is 5.91 Å². The van der Waals surface area contributed by atoms with Gasteiger partial charge in [0.2, 0.25) is 0 Å². The van der Waals surface area contributed by atoms with Crippen molar-refractivity contribution >= 4 is 11.4 Å². The number of pyridine rings is 1. The number of aryl methyl sites for hydroxylation is 2. The summed E-state index contributed by atoms with van der Waals surface area (Å²) in [5, 5.41) is 3.94. The number of hydrogen-bond donors (Lipinski definition) is 0. The summed E-state index contributed by atoms with van der Waals surface area (Å²) in [6.45, 7) is 5.62. The SMILES string of the molecule is Cc1noc(C)c1COC1CCN(C(=O)c2cc3ccccn3c2)C1. The molecule has 1 amide bonds. The van der Waals surface area contributed by atoms with Crippen molar-refractivity contribution in [3.63, 3.8) is 0 Å². The normalized spacial score (nSPS) is 17.5. The summed E-state index contributed by atoms with van der Waals surface area (Å²) in [6.07, 6.45) is 4.73. The van der Waals surface area contributed by atoms with E-state index in [-0.39, 0.29) is 12.0 Å². The molecular weight excluding hydrogens is 318 g/mol. The molecule has 3 aromatic heterocycles. The van der Waals surface area contributed by atoms with Gasteiger partial charge >= 0.3 is 0 Å². The number of hydrogen-bond acceptors (Lipinski definition) is 4. The summed E-state index contributed by atoms with van der Waals surface area (Å²) in [7, 11) is 0. The predicted octanol–water partition coefficient (Wildman–Crippen LogP) is 2.98. The molecule has 4 heterocycles. The van der Waals surface area contributed by atoms with Crippen LogP contribution in [0.5, 0.6) is 0 Å². The Bertz CT molecular complexity index is 859. The molecule has 1 atom stereocenters. The number of carbonyl (C=O) groups is 1. The summed E-state index contributed by atoms with van der Waals surface area (Å²) in [5.41, 5.74) is 3.61. The fourth-order valence-electron chi connectivity index (χ4n) is 3.31. The number of fused-ring (bicyclic) bond motifs is 1. The minimum Gasteiger partial charge on any atom is -0.371 e. The first-order valence-corrected chi connectivity index (χ1v) is 8.51. The van der Waals surface area contributed by atoms with E-state index in [1.807, 2.05) is 59.8 Å². The molecule has 25 heavy (non-hydrogen) atoms. The molecule has 0 bridgehead atoms. The van der Waals surface area contributed by atoms with Crippen LogP contribution in [0.15, 0.2) is 41.2 Å². The zero-order chi connectivity index (χ0) is 17.4. The standard InChI is InChI=1S/C19H21N3O3/c1-13-18(14(2)25-20-13)12-24-17-6-8-22(11-17)19(23)15-9-16-5-3-4-7-21(16)10-15/h3-5,7,9-10,17H,6,8,11-12H2,1-2H3. The van der Waals surface area contributed by atoms with Crippen LogP contribution in [0.1, 0.15) is 33.8 Å². The number of carbonyl (C=O) groups excluding carboxylic acids is 1. The van der Waals surface area contributed by atoms with Gasteiger partial charge in [-0.25, -0.2) is 0 Å². The van der Waals surface area contributed by atoms with Gasteiger partial charge in [-0.15, -0.1) is 0 Å². The molecule has 0 radical (unpaired) electrons. The zero-order valence-electron chi connectivity index (χ0n) is 14.4. The number of likely N-dealkylation sites (tertiary alicyclic amines) is 1. The van der Waals surface area contributed by atoms with E-state index in [1.165, 1.54) is 0 Å². The first kappa shape index (κ1) is 15.9. The van der Waals surface area contributed by atoms with E-state index < -0.39 is 0 Å². The molecule has 0 spiro atoms. The number of rotatable bonds is 4. The molecule has 6 heteroatoms. The maximum absolute atomic E-state index is 12.7. The summed E-state index contributed by atoms with van der Waals surface area (Å²) in [4.78, 5) is 14.6. The van der Waals surface area contributed by atoms with Crippen LogP contribution in [0.2, 0.25) is 0 Å². The van der Waals surface area contributed by atoms with Crippen LogP contribution in [0.3, 0.4) is 0 Å². The highest BCUT2D eigenvalue weighted by molar-refractivity contribution is 5.95. The minimum atomic E-state index is 0.0506. The third kappa shape index (κ3) is 3.05. The third-order valence-corrected chi connectivity index (χ3v) is 4.83. The number of amides is 1. The van der Waals surface area contributed by atoms with Crippen LogP contribution < -0.4 is 0 Å². The van der Waals surface area contributed by atoms with Crippen molar-refractivity contribution in [3.8, 4) is 0 Å². The lowest BCUT2D eigenvalue weighted by Gasteiger charge is -2.16. The lowest BCUT2D eigenvalue weighted by molar-refractivity contribution is 0.0430. The quantitative estimate of drug-likeness (QED) is 0.733. The summed E-state index contributed by atoms with van der Waals surface area (Å²) >= 11 is 0. The first-order chi connectivity index (χ1) is 12.1. The van der Waals surface area contributed by atoms with Gasteiger partial charge in [-0.1, -0.05) is 11.2 Å². The molecule has 1 saturated heterocycles. The highest BCUT2D eigenvalue weighted by Crippen LogP contribution is 2.21. The van der Waals surface area contributed by atoms with Gasteiger partial charge in [0.15, 0.2) is 0 Å². The molecule has 1 unspecified atom stereocenters. The van der Waals surface area contributed by atoms with E-state index in [0.29, 0.717) is 13.2 Å². The average Bonchev–Trinajstić information content (AvgIpc) is 3.32. The van der Waals surface area contributed by atoms with Crippen LogP contribution in [0, 0.1) is 13.8 Å². The lowest BCUT2D eigenvalue weighted by atomic mass is 10.2. The molecular formula is C19H21N3O3. The number of ether oxygens (including phenoxy) is 1. The second-order valence-electron chi connectivity index (χ2n) is 6.54. The van der Waals surface area contributed by atoms with Crippen molar-refractivity contribution in [1.29, 1.82) is 0 Å². The maximum Gasteiger partial charge on any atom is 0.255 e. The van der Waals surface area contributed by atoms with Gasteiger partial charge in [-0.2, -0.15) is 0 Å². The Morgan fingerprint density at radius 3 is 3.04 bits per heavy atom. The van der Waals surface area contributed by atoms with Crippen LogP contribution in [0.25, 0.3) is 5.52 Å². The second-order valence-corrected chi connectivity index (χ2v) is 6.54. The van der Waals surface area contributed by atoms with Gasteiger partial charge in [0, 0.05) is 36.6 Å². The number of aromatic nitrogens is 2. The molecule has 1 fully saturated rings. The van der Waals surface area contributed by atoms with Crippen LogP contribution in [-0.4, -0.2) is 39.6 Å². The van der Waals surface area contributed by atoms with Gasteiger partial charge < -0.3 is 18.6 Å². The molecule has 1 aliphatic rings. The molecule has 3 aromatic rings. The van der Waals surface area contributed by atoms with E-state index >= 15 is 0 Å². The maximum atomic E-state index is 12.7. The van der Waals surface area contributed by atoms with Crippen LogP contribution >= 0.6 is 0 Å². The van der Waals surface area contributed by atoms with Gasteiger partial charge in [0.1, 0.15) is 5.76 Å². The van der Waals surface area contributed by atoms with Gasteiger partial charge in [-0.05, 0) is 38.5 Å². The third-order valence-electron chi connectivity index (χ3n) is 4.83. The molecule has 0 saturated carbocycles. The average molecular weight is 339 g/mol. The highest BCUT2D eigenvalue weighted by Gasteiger charge is 2.28. The molecule has 6 nitrogen and oxygen atoms in total. The molecule has 4 rings (SSSR count). The van der Waals surface area contributed by atoms with Crippen molar-refractivity contribution in [2.75, 3.05) is 13.1 Å². The van der Waals surface area contributed by atoms with Gasteiger partial charge in [0.05, 0.1) is 24.0 Å². The molecule has 0 aliphatic carbocycles. The van der Waals surface area contributed by atoms with E-state index in [2.05, 4.69) is 5.16 Å². The minimum absolute atomic E-state index is 0.0506. The van der Waals surface area contributed by atoms with Crippen molar-refractivity contribution in [3.05, 3.63) is 59.2 Å². The van der Waals surface area contributed by atoms with E-state index in [9.17, 15) is 4.79 Å². The Kier molecular flexibility index (Phi) is 4.05. The number of nitrogens with zero attached hydrogens (tertiary/aromatic N) is 3. The van der Waals surface area contributed by atoms with Crippen molar-refractivity contribution < 1.29 is 14.1 Å². The topological polar surface area (TPSA) is 60.0 Å². The molecule has 0 N–H and O–H groups in total. The Labute approximate surface area is 146 Å². The van der Waals surface area contributed by atoms with Crippen molar-refractivity contribution in [2.45, 2.75) is 33.0 Å². The lowest BCUT2D eigenvalue weighted by Crippen LogP contribution is -2.29. The van der Waals surface area contributed by atoms with E-state index in [4.69, 9.17) is 9.26 Å². The Balaban J connectivity index is 1.39. The highest BCUT2D eigenvalue weighted by atomic mass is 16.5. The van der Waals surface area contributed by atoms with E-state index in [0.717, 1.165) is 41.1 Å². The zero-order valence-corrected chi connectivity index (χ0v) is 14.4. The largest absolute Gasteiger partial charge is 0.371 e. The van der Waals surface area contributed by atoms with Crippen LogP contribution in [-0.2, 0) is 11.3 Å². The fraction of sp³-hybridized carbons (Fsp3) is 0.368. The molecule has 0 aromatic carbocycles. The Hall–Kier alpha value is -2.60. The summed E-state index contributed by atoms with van der Waals surface area (Å²) in [5.74, 6) is 0.857. The molecule has 1 aliphatic heterocycles.